The largest absolute Gasteiger partial charge is 0.464 e. The minimum Gasteiger partial charge on any atom is -0.464 e. The lowest BCUT2D eigenvalue weighted by atomic mass is 9.84. The fourth-order valence-corrected chi connectivity index (χ4v) is 6.48. The maximum Gasteiger partial charge on any atom is 0.278 e. The molecule has 1 aliphatic heterocycles. The average molecular weight is 513 g/mol. The second kappa shape index (κ2) is 11.4. The molecule has 2 aromatic rings. The molecule has 2 aliphatic rings. The van der Waals surface area contributed by atoms with E-state index in [1.54, 1.807) is 17.5 Å². The molecule has 0 bridgehead atoms. The molecule has 34 heavy (non-hydrogen) atoms. The van der Waals surface area contributed by atoms with Crippen LogP contribution in [0.15, 0.2) is 6.20 Å². The summed E-state index contributed by atoms with van der Waals surface area (Å²) < 4.78 is 31.3. The number of nitrogens with zero attached hydrogens (tertiary/aromatic N) is 3. The van der Waals surface area contributed by atoms with Crippen molar-refractivity contribution in [3.63, 3.8) is 0 Å². The van der Waals surface area contributed by atoms with E-state index in [-0.39, 0.29) is 5.91 Å². The van der Waals surface area contributed by atoms with Gasteiger partial charge in [-0.1, -0.05) is 11.3 Å². The number of nitrogens with one attached hydrogen (secondary N) is 1. The number of fused-ring (bicyclic) bond motifs is 1. The molecule has 6 nitrogen and oxygen atoms in total. The van der Waals surface area contributed by atoms with E-state index in [9.17, 15) is 13.6 Å². The van der Waals surface area contributed by atoms with Gasteiger partial charge < -0.3 is 15.0 Å². The molecule has 10 heteroatoms. The Hall–Kier alpha value is -1.65. The first kappa shape index (κ1) is 25.4. The van der Waals surface area contributed by atoms with Crippen molar-refractivity contribution in [1.82, 2.24) is 20.2 Å². The third kappa shape index (κ3) is 7.68. The highest BCUT2D eigenvalue weighted by Crippen LogP contribution is 2.30. The van der Waals surface area contributed by atoms with Gasteiger partial charge in [0, 0.05) is 48.4 Å². The summed E-state index contributed by atoms with van der Waals surface area (Å²) in [6, 6.07) is 0.294. The predicted octanol–water partition coefficient (Wildman–Crippen LogP) is 4.65. The number of aryl methyl sites for hydroxylation is 1. The Morgan fingerprint density at radius 2 is 2.00 bits per heavy atom. The number of carbonyl (C=O) groups excluding carboxylic acids is 1. The van der Waals surface area contributed by atoms with Crippen molar-refractivity contribution >= 4 is 28.6 Å². The first-order valence-corrected chi connectivity index (χ1v) is 13.8. The topological polar surface area (TPSA) is 67.4 Å². The zero-order valence-corrected chi connectivity index (χ0v) is 21.6. The predicted molar refractivity (Wildman–Crippen MR) is 131 cm³/mol. The monoisotopic (exact) mass is 512 g/mol. The van der Waals surface area contributed by atoms with Gasteiger partial charge in [0.25, 0.3) is 11.1 Å². The molecule has 0 aromatic carbocycles. The van der Waals surface area contributed by atoms with Crippen LogP contribution in [-0.2, 0) is 24.1 Å². The van der Waals surface area contributed by atoms with Gasteiger partial charge in [0.05, 0.1) is 17.1 Å². The number of aromatic nitrogens is 2. The zero-order valence-electron chi connectivity index (χ0n) is 19.9. The van der Waals surface area contributed by atoms with Crippen LogP contribution in [0.2, 0.25) is 0 Å². The summed E-state index contributed by atoms with van der Waals surface area (Å²) in [5, 5.41) is 4.58. The molecule has 1 amide bonds. The van der Waals surface area contributed by atoms with Crippen LogP contribution in [0.3, 0.4) is 0 Å². The number of alkyl halides is 2. The molecule has 0 radical (unpaired) electrons. The minimum absolute atomic E-state index is 0.106. The van der Waals surface area contributed by atoms with Gasteiger partial charge in [-0.2, -0.15) is 0 Å². The zero-order chi connectivity index (χ0) is 24.1. The van der Waals surface area contributed by atoms with E-state index in [0.717, 1.165) is 80.7 Å². The Balaban J connectivity index is 1.13. The Morgan fingerprint density at radius 1 is 1.24 bits per heavy atom. The van der Waals surface area contributed by atoms with Crippen LogP contribution in [0.25, 0.3) is 0 Å². The molecule has 0 spiro atoms. The maximum atomic E-state index is 13.0. The van der Waals surface area contributed by atoms with Gasteiger partial charge >= 0.3 is 0 Å². The third-order valence-electron chi connectivity index (χ3n) is 6.60. The number of hydrogen-bond donors (Lipinski definition) is 1. The lowest BCUT2D eigenvalue weighted by Gasteiger charge is -2.30. The van der Waals surface area contributed by atoms with Gasteiger partial charge in [-0.3, -0.25) is 4.79 Å². The van der Waals surface area contributed by atoms with Crippen molar-refractivity contribution in [1.29, 1.82) is 0 Å². The molecule has 4 rings (SSSR count). The molecule has 3 heterocycles. The number of ether oxygens (including phenoxy) is 1. The van der Waals surface area contributed by atoms with E-state index in [4.69, 9.17) is 4.74 Å². The molecule has 1 N–H and O–H groups in total. The van der Waals surface area contributed by atoms with Crippen molar-refractivity contribution in [2.45, 2.75) is 77.2 Å². The SMILES string of the molecule is Cc1ncc(CC(=O)N[C@H]2CC[C@H](CCN3CCc4nc(OCC(C)(F)F)sc4CC3)CC2)s1. The van der Waals surface area contributed by atoms with Crippen LogP contribution in [0, 0.1) is 12.8 Å². The van der Waals surface area contributed by atoms with Crippen LogP contribution in [-0.4, -0.2) is 59.0 Å². The van der Waals surface area contributed by atoms with E-state index < -0.39 is 12.5 Å². The molecular formula is C24H34F2N4O2S2. The molecule has 0 saturated heterocycles. The second-order valence-electron chi connectivity index (χ2n) is 9.65. The summed E-state index contributed by atoms with van der Waals surface area (Å²) in [7, 11) is 0. The molecule has 0 unspecified atom stereocenters. The molecule has 1 fully saturated rings. The number of hydrogen-bond acceptors (Lipinski definition) is 7. The van der Waals surface area contributed by atoms with E-state index in [2.05, 4.69) is 20.2 Å². The van der Waals surface area contributed by atoms with Gasteiger partial charge in [0.15, 0.2) is 6.61 Å². The molecule has 1 saturated carbocycles. The fourth-order valence-electron chi connectivity index (χ4n) is 4.74. The van der Waals surface area contributed by atoms with Gasteiger partial charge in [0.1, 0.15) is 0 Å². The second-order valence-corrected chi connectivity index (χ2v) is 12.0. The number of amides is 1. The van der Waals surface area contributed by atoms with Crippen LogP contribution in [0.1, 0.15) is 59.5 Å². The lowest BCUT2D eigenvalue weighted by molar-refractivity contribution is -0.121. The number of thiazole rings is 2. The number of halogens is 2. The first-order valence-electron chi connectivity index (χ1n) is 12.2. The summed E-state index contributed by atoms with van der Waals surface area (Å²) in [5.74, 6) is -2.02. The number of carbonyl (C=O) groups is 1. The van der Waals surface area contributed by atoms with Crippen LogP contribution < -0.4 is 10.1 Å². The van der Waals surface area contributed by atoms with Crippen LogP contribution in [0.4, 0.5) is 8.78 Å². The summed E-state index contributed by atoms with van der Waals surface area (Å²) in [5.41, 5.74) is 1.01. The van der Waals surface area contributed by atoms with Crippen molar-refractivity contribution in [3.8, 4) is 5.19 Å². The summed E-state index contributed by atoms with van der Waals surface area (Å²) >= 11 is 3.00. The maximum absolute atomic E-state index is 13.0. The Bertz CT molecular complexity index is 926. The third-order valence-corrected chi connectivity index (χ3v) is 8.58. The van der Waals surface area contributed by atoms with Gasteiger partial charge in [-0.05, 0) is 57.9 Å². The average Bonchev–Trinajstić information content (AvgIpc) is 3.32. The highest BCUT2D eigenvalue weighted by atomic mass is 32.1. The summed E-state index contributed by atoms with van der Waals surface area (Å²) in [4.78, 5) is 25.7. The molecular weight excluding hydrogens is 478 g/mol. The Morgan fingerprint density at radius 3 is 2.71 bits per heavy atom. The highest BCUT2D eigenvalue weighted by molar-refractivity contribution is 7.13. The molecule has 188 valence electrons. The number of rotatable bonds is 9. The molecule has 1 aliphatic carbocycles. The van der Waals surface area contributed by atoms with Crippen molar-refractivity contribution < 1.29 is 18.3 Å². The Kier molecular flexibility index (Phi) is 8.52. The van der Waals surface area contributed by atoms with Gasteiger partial charge in [-0.25, -0.2) is 18.7 Å². The molecule has 0 atom stereocenters. The highest BCUT2D eigenvalue weighted by Gasteiger charge is 2.26. The quantitative estimate of drug-likeness (QED) is 0.530. The standard InChI is InChI=1S/C24H34F2N4O2S2/c1-16-27-14-19(33-16)13-22(31)28-18-5-3-17(4-6-18)7-10-30-11-8-20-21(9-12-30)34-23(29-20)32-15-24(2,25)26/h14,17-18H,3-13,15H2,1-2H3,(H,28,31)/t17-,18-. The fraction of sp³-hybridized carbons (Fsp3) is 0.708. The Labute approximate surface area is 208 Å². The summed E-state index contributed by atoms with van der Waals surface area (Å²) in [6.45, 7) is 5.19. The van der Waals surface area contributed by atoms with Crippen molar-refractivity contribution in [2.75, 3.05) is 26.2 Å². The smallest absolute Gasteiger partial charge is 0.278 e. The van der Waals surface area contributed by atoms with E-state index in [1.807, 2.05) is 6.92 Å². The first-order chi connectivity index (χ1) is 16.2. The van der Waals surface area contributed by atoms with Crippen molar-refractivity contribution in [3.05, 3.63) is 26.7 Å². The minimum atomic E-state index is -2.84. The normalized spacial score (nSPS) is 21.6. The lowest BCUT2D eigenvalue weighted by Crippen LogP contribution is -2.38. The van der Waals surface area contributed by atoms with E-state index in [0.29, 0.717) is 23.6 Å². The van der Waals surface area contributed by atoms with Gasteiger partial charge in [0.2, 0.25) is 5.91 Å². The van der Waals surface area contributed by atoms with Crippen LogP contribution in [0.5, 0.6) is 5.19 Å². The van der Waals surface area contributed by atoms with Gasteiger partial charge in [-0.15, -0.1) is 11.3 Å². The van der Waals surface area contributed by atoms with Crippen molar-refractivity contribution in [2.24, 2.45) is 5.92 Å². The molecule has 2 aromatic heterocycles. The van der Waals surface area contributed by atoms with Crippen LogP contribution >= 0.6 is 22.7 Å². The van der Waals surface area contributed by atoms with E-state index in [1.165, 1.54) is 22.6 Å². The summed E-state index contributed by atoms with van der Waals surface area (Å²) in [6.07, 6.45) is 9.59. The van der Waals surface area contributed by atoms with E-state index >= 15 is 0 Å².